The highest BCUT2D eigenvalue weighted by Gasteiger charge is 2.55. The highest BCUT2D eigenvalue weighted by atomic mass is 32.2. The zero-order valence-corrected chi connectivity index (χ0v) is 18.4. The van der Waals surface area contributed by atoms with E-state index in [0.29, 0.717) is 31.3 Å². The van der Waals surface area contributed by atoms with Gasteiger partial charge in [-0.05, 0) is 30.2 Å². The fourth-order valence-corrected chi connectivity index (χ4v) is 5.40. The molecule has 162 valence electrons. The highest BCUT2D eigenvalue weighted by molar-refractivity contribution is 7.89. The molecule has 1 aliphatic heterocycles. The third kappa shape index (κ3) is 5.40. The van der Waals surface area contributed by atoms with E-state index < -0.39 is 10.0 Å². The van der Waals surface area contributed by atoms with E-state index in [4.69, 9.17) is 9.47 Å². The van der Waals surface area contributed by atoms with E-state index in [2.05, 4.69) is 0 Å². The summed E-state index contributed by atoms with van der Waals surface area (Å²) in [6.45, 7) is 3.51. The van der Waals surface area contributed by atoms with Crippen molar-refractivity contribution < 1.29 is 17.9 Å². The molecule has 0 aromatic heterocycles. The molecule has 5 nitrogen and oxygen atoms in total. The molecule has 3 atom stereocenters. The van der Waals surface area contributed by atoms with E-state index in [1.807, 2.05) is 79.7 Å². The lowest BCUT2D eigenvalue weighted by Gasteiger charge is -2.08. The Morgan fingerprint density at radius 2 is 1.16 bits per heavy atom. The molecule has 1 aliphatic rings. The van der Waals surface area contributed by atoms with E-state index in [-0.39, 0.29) is 12.1 Å². The first-order valence-corrected chi connectivity index (χ1v) is 11.8. The molecule has 0 radical (unpaired) electrons. The topological polar surface area (TPSA) is 55.6 Å². The smallest absolute Gasteiger partial charge is 0.243 e. The first-order valence-electron chi connectivity index (χ1n) is 10.4. The zero-order valence-electron chi connectivity index (χ0n) is 17.6. The third-order valence-electron chi connectivity index (χ3n) is 5.40. The Kier molecular flexibility index (Phi) is 6.83. The van der Waals surface area contributed by atoms with E-state index >= 15 is 0 Å². The van der Waals surface area contributed by atoms with Crippen molar-refractivity contribution in [3.63, 3.8) is 0 Å². The standard InChI is InChI=1S/C25H27NO4S/c1-20-12-14-23(15-13-20)31(27,28)26-24(18-29-16-21-8-4-2-5-9-21)25(26)19-30-17-22-10-6-3-7-11-22/h2-15,24-25H,16-19H2,1H3/t24-,25?,26-/m0/s1. The normalized spacial score (nSPS) is 20.5. The molecule has 0 amide bonds. The van der Waals surface area contributed by atoms with Gasteiger partial charge in [-0.1, -0.05) is 78.4 Å². The van der Waals surface area contributed by atoms with Crippen molar-refractivity contribution in [1.29, 1.82) is 0 Å². The summed E-state index contributed by atoms with van der Waals surface area (Å²) in [4.78, 5) is 0.303. The van der Waals surface area contributed by atoms with Gasteiger partial charge in [0, 0.05) is 0 Å². The number of aryl methyl sites for hydroxylation is 1. The van der Waals surface area contributed by atoms with Crippen LogP contribution in [0.3, 0.4) is 0 Å². The molecule has 0 aliphatic carbocycles. The molecule has 1 unspecified atom stereocenters. The molecule has 0 spiro atoms. The largest absolute Gasteiger partial charge is 0.375 e. The van der Waals surface area contributed by atoms with Crippen LogP contribution in [0.4, 0.5) is 0 Å². The monoisotopic (exact) mass is 437 g/mol. The van der Waals surface area contributed by atoms with Gasteiger partial charge >= 0.3 is 0 Å². The second-order valence-corrected chi connectivity index (χ2v) is 9.63. The molecular formula is C25H27NO4S. The summed E-state index contributed by atoms with van der Waals surface area (Å²) < 4.78 is 39.7. The molecule has 0 saturated carbocycles. The Morgan fingerprint density at radius 1 is 0.710 bits per heavy atom. The zero-order chi connectivity index (χ0) is 21.7. The second-order valence-electron chi connectivity index (χ2n) is 7.78. The number of hydrogen-bond acceptors (Lipinski definition) is 4. The lowest BCUT2D eigenvalue weighted by molar-refractivity contribution is 0.105. The molecule has 1 fully saturated rings. The van der Waals surface area contributed by atoms with Crippen LogP contribution in [0.15, 0.2) is 89.8 Å². The van der Waals surface area contributed by atoms with Gasteiger partial charge in [-0.2, -0.15) is 4.31 Å². The molecule has 0 bridgehead atoms. The lowest BCUT2D eigenvalue weighted by Crippen LogP contribution is -2.18. The minimum absolute atomic E-state index is 0.231. The Bertz CT molecular complexity index is 1020. The minimum atomic E-state index is -3.60. The molecular weight excluding hydrogens is 410 g/mol. The van der Waals surface area contributed by atoms with Gasteiger partial charge in [-0.3, -0.25) is 0 Å². The lowest BCUT2D eigenvalue weighted by atomic mass is 10.2. The molecule has 31 heavy (non-hydrogen) atoms. The summed E-state index contributed by atoms with van der Waals surface area (Å²) in [5, 5.41) is 0. The van der Waals surface area contributed by atoms with Crippen LogP contribution >= 0.6 is 0 Å². The van der Waals surface area contributed by atoms with Gasteiger partial charge in [0.1, 0.15) is 0 Å². The maximum absolute atomic E-state index is 13.2. The molecule has 6 heteroatoms. The number of ether oxygens (including phenoxy) is 2. The Labute approximate surface area is 184 Å². The highest BCUT2D eigenvalue weighted by Crippen LogP contribution is 2.36. The van der Waals surface area contributed by atoms with Crippen LogP contribution in [0.5, 0.6) is 0 Å². The van der Waals surface area contributed by atoms with Gasteiger partial charge < -0.3 is 9.47 Å². The van der Waals surface area contributed by atoms with Gasteiger partial charge in [-0.15, -0.1) is 0 Å². The SMILES string of the molecule is Cc1ccc(S(=O)(=O)[N@]2C(COCc3ccccc3)[C@@H]2COCc2ccccc2)cc1. The molecule has 1 heterocycles. The summed E-state index contributed by atoms with van der Waals surface area (Å²) in [6, 6.07) is 26.2. The average Bonchev–Trinajstić information content (AvgIpc) is 3.49. The fourth-order valence-electron chi connectivity index (χ4n) is 3.61. The molecule has 4 rings (SSSR count). The summed E-state index contributed by atoms with van der Waals surface area (Å²) in [5.41, 5.74) is 3.15. The number of hydrogen-bond donors (Lipinski definition) is 0. The van der Waals surface area contributed by atoms with Crippen LogP contribution < -0.4 is 0 Å². The minimum Gasteiger partial charge on any atom is -0.375 e. The Balaban J connectivity index is 1.41. The van der Waals surface area contributed by atoms with Crippen LogP contribution in [-0.2, 0) is 32.7 Å². The van der Waals surface area contributed by atoms with Crippen LogP contribution in [-0.4, -0.2) is 38.0 Å². The van der Waals surface area contributed by atoms with Gasteiger partial charge in [0.05, 0.1) is 43.4 Å². The summed E-state index contributed by atoms with van der Waals surface area (Å²) >= 11 is 0. The second kappa shape index (κ2) is 9.75. The average molecular weight is 438 g/mol. The summed E-state index contributed by atoms with van der Waals surface area (Å²) in [7, 11) is -3.60. The van der Waals surface area contributed by atoms with Crippen LogP contribution in [0.25, 0.3) is 0 Å². The van der Waals surface area contributed by atoms with Crippen molar-refractivity contribution in [2.24, 2.45) is 0 Å². The Hall–Kier alpha value is -2.51. The molecule has 3 aromatic rings. The van der Waals surface area contributed by atoms with Crippen molar-refractivity contribution >= 4 is 10.0 Å². The van der Waals surface area contributed by atoms with E-state index in [1.54, 1.807) is 12.1 Å². The van der Waals surface area contributed by atoms with Crippen molar-refractivity contribution in [1.82, 2.24) is 4.31 Å². The van der Waals surface area contributed by atoms with Gasteiger partial charge in [0.25, 0.3) is 0 Å². The van der Waals surface area contributed by atoms with Gasteiger partial charge in [-0.25, -0.2) is 8.42 Å². The first-order chi connectivity index (χ1) is 15.1. The van der Waals surface area contributed by atoms with Crippen LogP contribution in [0, 0.1) is 6.92 Å². The summed E-state index contributed by atoms with van der Waals surface area (Å²) in [5.74, 6) is 0. The van der Waals surface area contributed by atoms with Crippen LogP contribution in [0.1, 0.15) is 16.7 Å². The molecule has 1 saturated heterocycles. The Morgan fingerprint density at radius 3 is 1.61 bits per heavy atom. The van der Waals surface area contributed by atoms with E-state index in [9.17, 15) is 8.42 Å². The summed E-state index contributed by atoms with van der Waals surface area (Å²) in [6.07, 6.45) is 0. The van der Waals surface area contributed by atoms with Gasteiger partial charge in [0.15, 0.2) is 0 Å². The molecule has 0 N–H and O–H groups in total. The molecule has 3 aromatic carbocycles. The first kappa shape index (κ1) is 21.7. The predicted octanol–water partition coefficient (Wildman–Crippen LogP) is 4.17. The van der Waals surface area contributed by atoms with Crippen LogP contribution in [0.2, 0.25) is 0 Å². The third-order valence-corrected chi connectivity index (χ3v) is 7.37. The maximum atomic E-state index is 13.2. The van der Waals surface area contributed by atoms with Crippen molar-refractivity contribution in [2.75, 3.05) is 13.2 Å². The maximum Gasteiger partial charge on any atom is 0.243 e. The number of rotatable bonds is 10. The van der Waals surface area contributed by atoms with E-state index in [1.165, 1.54) is 4.31 Å². The van der Waals surface area contributed by atoms with Crippen molar-refractivity contribution in [2.45, 2.75) is 37.1 Å². The van der Waals surface area contributed by atoms with Gasteiger partial charge in [0.2, 0.25) is 10.0 Å². The fraction of sp³-hybridized carbons (Fsp3) is 0.280. The number of nitrogens with zero attached hydrogens (tertiary/aromatic N) is 1. The quantitative estimate of drug-likeness (QED) is 0.447. The van der Waals surface area contributed by atoms with E-state index in [0.717, 1.165) is 16.7 Å². The van der Waals surface area contributed by atoms with Crippen molar-refractivity contribution in [3.8, 4) is 0 Å². The van der Waals surface area contributed by atoms with Crippen molar-refractivity contribution in [3.05, 3.63) is 102 Å². The predicted molar refractivity (Wildman–Crippen MR) is 120 cm³/mol. The number of benzene rings is 3. The number of sulfonamides is 1.